The molecule has 1 saturated heterocycles. The van der Waals surface area contributed by atoms with E-state index in [1.807, 2.05) is 0 Å². The van der Waals surface area contributed by atoms with Gasteiger partial charge in [-0.05, 0) is 39.0 Å². The van der Waals surface area contributed by atoms with Crippen LogP contribution in [0.1, 0.15) is 50.7 Å². The van der Waals surface area contributed by atoms with Crippen molar-refractivity contribution in [2.45, 2.75) is 57.0 Å². The number of hydrogen-bond acceptors (Lipinski definition) is 6. The first-order valence-corrected chi connectivity index (χ1v) is 7.36. The molecule has 0 spiro atoms. The Kier molecular flexibility index (Phi) is 3.74. The van der Waals surface area contributed by atoms with Gasteiger partial charge in [0.1, 0.15) is 5.41 Å². The highest BCUT2D eigenvalue weighted by molar-refractivity contribution is 5.85. The van der Waals surface area contributed by atoms with Gasteiger partial charge in [0.2, 0.25) is 5.89 Å². The second kappa shape index (κ2) is 5.52. The highest BCUT2D eigenvalue weighted by Gasteiger charge is 2.57. The van der Waals surface area contributed by atoms with Crippen molar-refractivity contribution in [3.05, 3.63) is 11.7 Å². The summed E-state index contributed by atoms with van der Waals surface area (Å²) < 4.78 is 16.0. The van der Waals surface area contributed by atoms with Crippen molar-refractivity contribution in [3.63, 3.8) is 0 Å². The van der Waals surface area contributed by atoms with Gasteiger partial charge in [0.25, 0.3) is 0 Å². The predicted molar refractivity (Wildman–Crippen MR) is 69.1 cm³/mol. The van der Waals surface area contributed by atoms with Crippen LogP contribution in [0.2, 0.25) is 0 Å². The second-order valence-electron chi connectivity index (χ2n) is 5.51. The maximum atomic E-state index is 12.0. The highest BCUT2D eigenvalue weighted by atomic mass is 16.5. The maximum Gasteiger partial charge on any atom is 0.321 e. The van der Waals surface area contributed by atoms with Gasteiger partial charge >= 0.3 is 5.97 Å². The summed E-state index contributed by atoms with van der Waals surface area (Å²) >= 11 is 0. The first-order valence-electron chi connectivity index (χ1n) is 7.36. The number of carbonyl (C=O) groups excluding carboxylic acids is 1. The third-order valence-electron chi connectivity index (χ3n) is 3.98. The van der Waals surface area contributed by atoms with Crippen LogP contribution in [0.4, 0.5) is 0 Å². The van der Waals surface area contributed by atoms with E-state index in [4.69, 9.17) is 14.0 Å². The SMILES string of the molecule is CCOC(=O)C1(c2nc(CC3CCCCO3)no2)CC1. The van der Waals surface area contributed by atoms with Crippen molar-refractivity contribution in [2.24, 2.45) is 0 Å². The minimum Gasteiger partial charge on any atom is -0.465 e. The Balaban J connectivity index is 1.66. The van der Waals surface area contributed by atoms with Crippen molar-refractivity contribution in [1.82, 2.24) is 10.1 Å². The standard InChI is InChI=1S/C14H20N2O4/c1-2-18-13(17)14(6-7-14)12-15-11(16-20-12)9-10-5-3-4-8-19-10/h10H,2-9H2,1H3. The normalized spacial score (nSPS) is 24.4. The lowest BCUT2D eigenvalue weighted by molar-refractivity contribution is -0.146. The van der Waals surface area contributed by atoms with E-state index in [0.29, 0.717) is 24.7 Å². The van der Waals surface area contributed by atoms with Crippen molar-refractivity contribution in [2.75, 3.05) is 13.2 Å². The number of carbonyl (C=O) groups is 1. The van der Waals surface area contributed by atoms with Gasteiger partial charge < -0.3 is 14.0 Å². The molecule has 0 radical (unpaired) electrons. The first kappa shape index (κ1) is 13.5. The summed E-state index contributed by atoms with van der Waals surface area (Å²) in [5.41, 5.74) is -0.672. The zero-order chi connectivity index (χ0) is 14.0. The molecule has 0 bridgehead atoms. The fraction of sp³-hybridized carbons (Fsp3) is 0.786. The molecule has 1 aliphatic carbocycles. The third kappa shape index (κ3) is 2.57. The molecule has 1 aliphatic heterocycles. The molecule has 110 valence electrons. The smallest absolute Gasteiger partial charge is 0.321 e. The van der Waals surface area contributed by atoms with E-state index in [9.17, 15) is 4.79 Å². The fourth-order valence-corrected chi connectivity index (χ4v) is 2.60. The van der Waals surface area contributed by atoms with E-state index in [2.05, 4.69) is 10.1 Å². The summed E-state index contributed by atoms with van der Waals surface area (Å²) in [6.45, 7) is 2.98. The van der Waals surface area contributed by atoms with Gasteiger partial charge in [-0.15, -0.1) is 0 Å². The van der Waals surface area contributed by atoms with Crippen LogP contribution in [0, 0.1) is 0 Å². The highest BCUT2D eigenvalue weighted by Crippen LogP contribution is 2.48. The van der Waals surface area contributed by atoms with Crippen LogP contribution in [0.15, 0.2) is 4.52 Å². The minimum atomic E-state index is -0.672. The minimum absolute atomic E-state index is 0.173. The molecular formula is C14H20N2O4. The fourth-order valence-electron chi connectivity index (χ4n) is 2.60. The number of rotatable bonds is 5. The molecule has 2 aliphatic rings. The van der Waals surface area contributed by atoms with E-state index in [1.165, 1.54) is 6.42 Å². The summed E-state index contributed by atoms with van der Waals surface area (Å²) in [5, 5.41) is 3.99. The largest absolute Gasteiger partial charge is 0.465 e. The number of aromatic nitrogens is 2. The van der Waals surface area contributed by atoms with Crippen molar-refractivity contribution in [3.8, 4) is 0 Å². The molecule has 1 aromatic heterocycles. The number of nitrogens with zero attached hydrogens (tertiary/aromatic N) is 2. The van der Waals surface area contributed by atoms with Crippen LogP contribution in [-0.4, -0.2) is 35.4 Å². The molecule has 1 aromatic rings. The lowest BCUT2D eigenvalue weighted by atomic mass is 10.1. The van der Waals surface area contributed by atoms with E-state index in [-0.39, 0.29) is 12.1 Å². The van der Waals surface area contributed by atoms with Gasteiger partial charge in [0.15, 0.2) is 5.82 Å². The molecule has 1 saturated carbocycles. The third-order valence-corrected chi connectivity index (χ3v) is 3.98. The summed E-state index contributed by atoms with van der Waals surface area (Å²) in [5.74, 6) is 0.786. The lowest BCUT2D eigenvalue weighted by Gasteiger charge is -2.20. The molecule has 1 unspecified atom stereocenters. The van der Waals surface area contributed by atoms with Gasteiger partial charge in [-0.3, -0.25) is 4.79 Å². The van der Waals surface area contributed by atoms with Gasteiger partial charge in [-0.1, -0.05) is 5.16 Å². The Bertz CT molecular complexity index is 475. The van der Waals surface area contributed by atoms with E-state index in [0.717, 1.165) is 32.3 Å². The number of ether oxygens (including phenoxy) is 2. The Hall–Kier alpha value is -1.43. The molecule has 2 heterocycles. The van der Waals surface area contributed by atoms with Crippen molar-refractivity contribution >= 4 is 5.97 Å². The van der Waals surface area contributed by atoms with E-state index >= 15 is 0 Å². The molecule has 6 heteroatoms. The summed E-state index contributed by atoms with van der Waals surface area (Å²) in [4.78, 5) is 16.3. The lowest BCUT2D eigenvalue weighted by Crippen LogP contribution is -2.24. The molecule has 20 heavy (non-hydrogen) atoms. The maximum absolute atomic E-state index is 12.0. The molecule has 6 nitrogen and oxygen atoms in total. The Labute approximate surface area is 117 Å². The van der Waals surface area contributed by atoms with Gasteiger partial charge in [0.05, 0.1) is 12.7 Å². The quantitative estimate of drug-likeness (QED) is 0.765. The van der Waals surface area contributed by atoms with Crippen LogP contribution >= 0.6 is 0 Å². The molecule has 0 aromatic carbocycles. The van der Waals surface area contributed by atoms with Crippen molar-refractivity contribution < 1.29 is 18.8 Å². The van der Waals surface area contributed by atoms with E-state index in [1.54, 1.807) is 6.92 Å². The van der Waals surface area contributed by atoms with Crippen LogP contribution < -0.4 is 0 Å². The molecule has 0 N–H and O–H groups in total. The Morgan fingerprint density at radius 1 is 1.45 bits per heavy atom. The summed E-state index contributed by atoms with van der Waals surface area (Å²) in [6, 6.07) is 0. The van der Waals surface area contributed by atoms with Gasteiger partial charge in [-0.2, -0.15) is 4.98 Å². The average molecular weight is 280 g/mol. The van der Waals surface area contributed by atoms with E-state index < -0.39 is 5.41 Å². The average Bonchev–Trinajstić information content (AvgIpc) is 3.15. The van der Waals surface area contributed by atoms with Crippen LogP contribution in [0.5, 0.6) is 0 Å². The van der Waals surface area contributed by atoms with Crippen LogP contribution in [0.25, 0.3) is 0 Å². The van der Waals surface area contributed by atoms with Gasteiger partial charge in [0, 0.05) is 13.0 Å². The zero-order valence-electron chi connectivity index (χ0n) is 11.8. The molecule has 0 amide bonds. The predicted octanol–water partition coefficient (Wildman–Crippen LogP) is 1.78. The topological polar surface area (TPSA) is 74.5 Å². The molecule has 2 fully saturated rings. The number of esters is 1. The zero-order valence-corrected chi connectivity index (χ0v) is 11.8. The van der Waals surface area contributed by atoms with Crippen molar-refractivity contribution in [1.29, 1.82) is 0 Å². The number of hydrogen-bond donors (Lipinski definition) is 0. The van der Waals surface area contributed by atoms with Crippen LogP contribution in [0.3, 0.4) is 0 Å². The monoisotopic (exact) mass is 280 g/mol. The van der Waals surface area contributed by atoms with Crippen LogP contribution in [-0.2, 0) is 26.1 Å². The molecule has 1 atom stereocenters. The Morgan fingerprint density at radius 2 is 2.30 bits per heavy atom. The molecule has 3 rings (SSSR count). The van der Waals surface area contributed by atoms with Gasteiger partial charge in [-0.25, -0.2) is 0 Å². The first-order chi connectivity index (χ1) is 9.74. The molecular weight excluding hydrogens is 260 g/mol. The summed E-state index contributed by atoms with van der Waals surface area (Å²) in [6.07, 6.45) is 5.63. The summed E-state index contributed by atoms with van der Waals surface area (Å²) in [7, 11) is 0. The second-order valence-corrected chi connectivity index (χ2v) is 5.51. The Morgan fingerprint density at radius 3 is 2.95 bits per heavy atom.